The fourth-order valence-electron chi connectivity index (χ4n) is 1.75. The van der Waals surface area contributed by atoms with Gasteiger partial charge in [-0.3, -0.25) is 0 Å². The molecule has 2 N–H and O–H groups in total. The summed E-state index contributed by atoms with van der Waals surface area (Å²) >= 11 is 1.62. The van der Waals surface area contributed by atoms with Gasteiger partial charge in [0.2, 0.25) is 10.0 Å². The molecule has 0 bridgehead atoms. The molecule has 0 amide bonds. The van der Waals surface area contributed by atoms with Crippen LogP contribution in [0.2, 0.25) is 0 Å². The Morgan fingerprint density at radius 1 is 1.30 bits per heavy atom. The van der Waals surface area contributed by atoms with E-state index in [1.807, 2.05) is 24.4 Å². The van der Waals surface area contributed by atoms with Gasteiger partial charge in [0.15, 0.2) is 0 Å². The van der Waals surface area contributed by atoms with E-state index in [2.05, 4.69) is 15.0 Å². The molecular formula is C13H17N3O2S2. The molecule has 0 aliphatic heterocycles. The van der Waals surface area contributed by atoms with Gasteiger partial charge in [-0.25, -0.2) is 18.1 Å². The van der Waals surface area contributed by atoms with Gasteiger partial charge in [0.1, 0.15) is 10.7 Å². The zero-order valence-corrected chi connectivity index (χ0v) is 12.8. The minimum atomic E-state index is -3.54. The van der Waals surface area contributed by atoms with Crippen molar-refractivity contribution in [3.8, 4) is 0 Å². The predicted octanol–water partition coefficient (Wildman–Crippen LogP) is 2.10. The summed E-state index contributed by atoms with van der Waals surface area (Å²) in [4.78, 5) is 5.41. The number of rotatable bonds is 7. The standard InChI is InChI=1S/C13H17N3O2S2/c1-2-14-13-12(6-3-8-15-13)20(17,18)16-9-7-11-5-4-10-19-11/h3-6,8,10,16H,2,7,9H2,1H3,(H,14,15). The first-order chi connectivity index (χ1) is 9.63. The molecule has 5 nitrogen and oxygen atoms in total. The molecule has 0 aliphatic carbocycles. The first-order valence-electron chi connectivity index (χ1n) is 6.34. The van der Waals surface area contributed by atoms with Crippen LogP contribution in [0.15, 0.2) is 40.7 Å². The van der Waals surface area contributed by atoms with E-state index in [0.717, 1.165) is 4.88 Å². The molecule has 2 aromatic rings. The Bertz CT molecular complexity index is 639. The number of hydrogen-bond donors (Lipinski definition) is 2. The minimum Gasteiger partial charge on any atom is -0.369 e. The molecular weight excluding hydrogens is 294 g/mol. The van der Waals surface area contributed by atoms with Crippen LogP contribution in [-0.2, 0) is 16.4 Å². The summed E-state index contributed by atoms with van der Waals surface area (Å²) in [6, 6.07) is 7.12. The lowest BCUT2D eigenvalue weighted by atomic mass is 10.3. The minimum absolute atomic E-state index is 0.188. The zero-order chi connectivity index (χ0) is 14.4. The number of nitrogens with one attached hydrogen (secondary N) is 2. The Hall–Kier alpha value is -1.44. The van der Waals surface area contributed by atoms with Crippen LogP contribution in [0.4, 0.5) is 5.82 Å². The number of pyridine rings is 1. The fourth-order valence-corrected chi connectivity index (χ4v) is 3.62. The lowest BCUT2D eigenvalue weighted by Crippen LogP contribution is -2.27. The maximum Gasteiger partial charge on any atom is 0.244 e. The molecule has 0 aliphatic rings. The molecule has 0 saturated carbocycles. The predicted molar refractivity (Wildman–Crippen MR) is 81.6 cm³/mol. The van der Waals surface area contributed by atoms with Crippen LogP contribution in [0.1, 0.15) is 11.8 Å². The van der Waals surface area contributed by atoms with Gasteiger partial charge >= 0.3 is 0 Å². The van der Waals surface area contributed by atoms with Gasteiger partial charge in [-0.2, -0.15) is 0 Å². The molecule has 2 heterocycles. The van der Waals surface area contributed by atoms with Crippen LogP contribution < -0.4 is 10.0 Å². The quantitative estimate of drug-likeness (QED) is 0.821. The summed E-state index contributed by atoms with van der Waals surface area (Å²) in [6.45, 7) is 2.90. The number of aromatic nitrogens is 1. The molecule has 20 heavy (non-hydrogen) atoms. The van der Waals surface area contributed by atoms with Crippen molar-refractivity contribution in [3.63, 3.8) is 0 Å². The van der Waals surface area contributed by atoms with E-state index in [9.17, 15) is 8.42 Å². The summed E-state index contributed by atoms with van der Waals surface area (Å²) < 4.78 is 27.1. The number of hydrogen-bond acceptors (Lipinski definition) is 5. The molecule has 7 heteroatoms. The van der Waals surface area contributed by atoms with Crippen molar-refractivity contribution in [3.05, 3.63) is 40.7 Å². The van der Waals surface area contributed by atoms with Crippen molar-refractivity contribution in [1.82, 2.24) is 9.71 Å². The van der Waals surface area contributed by atoms with E-state index >= 15 is 0 Å². The van der Waals surface area contributed by atoms with Crippen LogP contribution in [0.5, 0.6) is 0 Å². The fraction of sp³-hybridized carbons (Fsp3) is 0.308. The van der Waals surface area contributed by atoms with Gasteiger partial charge < -0.3 is 5.32 Å². The maximum atomic E-state index is 12.3. The molecule has 0 unspecified atom stereocenters. The molecule has 0 aromatic carbocycles. The highest BCUT2D eigenvalue weighted by Gasteiger charge is 2.18. The van der Waals surface area contributed by atoms with E-state index in [1.54, 1.807) is 29.7 Å². The van der Waals surface area contributed by atoms with Crippen LogP contribution in [-0.4, -0.2) is 26.5 Å². The molecule has 0 saturated heterocycles. The lowest BCUT2D eigenvalue weighted by Gasteiger charge is -2.10. The Kier molecular flexibility index (Phi) is 5.11. The van der Waals surface area contributed by atoms with E-state index in [1.165, 1.54) is 0 Å². The second-order valence-corrected chi connectivity index (χ2v) is 6.88. The highest BCUT2D eigenvalue weighted by Crippen LogP contribution is 2.17. The summed E-state index contributed by atoms with van der Waals surface area (Å²) in [5, 5.41) is 4.94. The van der Waals surface area contributed by atoms with E-state index in [-0.39, 0.29) is 4.90 Å². The van der Waals surface area contributed by atoms with Crippen LogP contribution in [0, 0.1) is 0 Å². The van der Waals surface area contributed by atoms with Crippen molar-refractivity contribution in [2.75, 3.05) is 18.4 Å². The Morgan fingerprint density at radius 2 is 2.15 bits per heavy atom. The van der Waals surface area contributed by atoms with Gasteiger partial charge in [-0.1, -0.05) is 6.07 Å². The third kappa shape index (κ3) is 3.78. The van der Waals surface area contributed by atoms with Gasteiger partial charge in [0.05, 0.1) is 0 Å². The van der Waals surface area contributed by atoms with Crippen molar-refractivity contribution in [2.45, 2.75) is 18.2 Å². The molecule has 0 radical (unpaired) electrons. The van der Waals surface area contributed by atoms with E-state index in [0.29, 0.717) is 25.3 Å². The Morgan fingerprint density at radius 3 is 2.85 bits per heavy atom. The Balaban J connectivity index is 2.06. The average molecular weight is 311 g/mol. The number of sulfonamides is 1. The molecule has 108 valence electrons. The van der Waals surface area contributed by atoms with Crippen LogP contribution in [0.25, 0.3) is 0 Å². The third-order valence-corrected chi connectivity index (χ3v) is 5.08. The topological polar surface area (TPSA) is 71.1 Å². The molecule has 0 spiro atoms. The molecule has 2 rings (SSSR count). The second-order valence-electron chi connectivity index (χ2n) is 4.11. The van der Waals surface area contributed by atoms with E-state index < -0.39 is 10.0 Å². The molecule has 2 aromatic heterocycles. The van der Waals surface area contributed by atoms with Crippen molar-refractivity contribution >= 4 is 27.2 Å². The monoisotopic (exact) mass is 311 g/mol. The normalized spacial score (nSPS) is 11.4. The van der Waals surface area contributed by atoms with Crippen LogP contribution in [0.3, 0.4) is 0 Å². The number of nitrogens with zero attached hydrogens (tertiary/aromatic N) is 1. The second kappa shape index (κ2) is 6.83. The van der Waals surface area contributed by atoms with E-state index in [4.69, 9.17) is 0 Å². The SMILES string of the molecule is CCNc1ncccc1S(=O)(=O)NCCc1cccs1. The first kappa shape index (κ1) is 15.0. The van der Waals surface area contributed by atoms with Crippen molar-refractivity contribution < 1.29 is 8.42 Å². The lowest BCUT2D eigenvalue weighted by molar-refractivity contribution is 0.582. The zero-order valence-electron chi connectivity index (χ0n) is 11.2. The summed E-state index contributed by atoms with van der Waals surface area (Å²) in [5.74, 6) is 0.388. The Labute approximate surface area is 123 Å². The largest absolute Gasteiger partial charge is 0.369 e. The first-order valence-corrected chi connectivity index (χ1v) is 8.70. The average Bonchev–Trinajstić information content (AvgIpc) is 2.92. The molecule has 0 fully saturated rings. The highest BCUT2D eigenvalue weighted by atomic mass is 32.2. The molecule has 0 atom stereocenters. The summed E-state index contributed by atoms with van der Waals surface area (Å²) in [5.41, 5.74) is 0. The number of thiophene rings is 1. The van der Waals surface area contributed by atoms with Crippen molar-refractivity contribution in [2.24, 2.45) is 0 Å². The smallest absolute Gasteiger partial charge is 0.244 e. The summed E-state index contributed by atoms with van der Waals surface area (Å²) in [6.07, 6.45) is 2.26. The van der Waals surface area contributed by atoms with Crippen LogP contribution >= 0.6 is 11.3 Å². The maximum absolute atomic E-state index is 12.3. The van der Waals surface area contributed by atoms with Crippen molar-refractivity contribution in [1.29, 1.82) is 0 Å². The van der Waals surface area contributed by atoms with Gasteiger partial charge in [-0.05, 0) is 36.9 Å². The van der Waals surface area contributed by atoms with Gasteiger partial charge in [0, 0.05) is 24.2 Å². The number of anilines is 1. The third-order valence-electron chi connectivity index (χ3n) is 2.65. The highest BCUT2D eigenvalue weighted by molar-refractivity contribution is 7.89. The summed E-state index contributed by atoms with van der Waals surface area (Å²) in [7, 11) is -3.54. The van der Waals surface area contributed by atoms with Gasteiger partial charge in [-0.15, -0.1) is 11.3 Å². The van der Waals surface area contributed by atoms with Gasteiger partial charge in [0.25, 0.3) is 0 Å².